The maximum absolute atomic E-state index is 13.4. The number of anilines is 1. The number of ether oxygens (including phenoxy) is 1. The number of sulfone groups is 1. The van der Waals surface area contributed by atoms with Gasteiger partial charge in [0.15, 0.2) is 16.1 Å². The molecule has 4 nitrogen and oxygen atoms in total. The molecule has 0 saturated heterocycles. The van der Waals surface area contributed by atoms with Gasteiger partial charge >= 0.3 is 6.18 Å². The summed E-state index contributed by atoms with van der Waals surface area (Å²) in [6.07, 6.45) is -3.32. The van der Waals surface area contributed by atoms with E-state index >= 15 is 0 Å². The second kappa shape index (κ2) is 8.18. The summed E-state index contributed by atoms with van der Waals surface area (Å²) >= 11 is 0. The zero-order chi connectivity index (χ0) is 23.0. The molecule has 1 aliphatic heterocycles. The van der Waals surface area contributed by atoms with E-state index in [-0.39, 0.29) is 16.5 Å². The van der Waals surface area contributed by atoms with Crippen LogP contribution in [0.3, 0.4) is 0 Å². The lowest BCUT2D eigenvalue weighted by atomic mass is 10.0. The minimum atomic E-state index is -4.68. The number of rotatable bonds is 5. The Kier molecular flexibility index (Phi) is 5.60. The topological polar surface area (TPSA) is 46.6 Å². The van der Waals surface area contributed by atoms with Gasteiger partial charge in [0.05, 0.1) is 11.8 Å². The molecule has 1 atom stereocenters. The van der Waals surface area contributed by atoms with Crippen LogP contribution in [0.4, 0.5) is 18.9 Å². The van der Waals surface area contributed by atoms with Gasteiger partial charge in [0, 0.05) is 18.1 Å². The Morgan fingerprint density at radius 2 is 1.83 bits per heavy atom. The van der Waals surface area contributed by atoms with E-state index in [2.05, 4.69) is 0 Å². The van der Waals surface area contributed by atoms with Crippen LogP contribution in [0.1, 0.15) is 26.7 Å². The monoisotopic (exact) mass is 438 g/mol. The van der Waals surface area contributed by atoms with Crippen molar-refractivity contribution in [3.05, 3.63) is 78.0 Å². The van der Waals surface area contributed by atoms with Crippen molar-refractivity contribution in [2.24, 2.45) is 0 Å². The van der Waals surface area contributed by atoms with Crippen LogP contribution < -0.4 is 9.64 Å². The van der Waals surface area contributed by atoms with Gasteiger partial charge < -0.3 is 9.64 Å². The van der Waals surface area contributed by atoms with Crippen LogP contribution in [-0.4, -0.2) is 27.1 Å². The molecule has 0 N–H and O–H groups in total. The van der Waals surface area contributed by atoms with Crippen molar-refractivity contribution in [1.29, 1.82) is 0 Å². The molecule has 0 amide bonds. The van der Waals surface area contributed by atoms with Crippen molar-refractivity contribution >= 4 is 15.5 Å². The highest BCUT2D eigenvalue weighted by Crippen LogP contribution is 2.35. The zero-order valence-corrected chi connectivity index (χ0v) is 17.5. The molecule has 8 heteroatoms. The van der Waals surface area contributed by atoms with Gasteiger partial charge in [-0.25, -0.2) is 8.42 Å². The minimum absolute atomic E-state index is 0.0469. The number of halogens is 3. The van der Waals surface area contributed by atoms with Gasteiger partial charge in [-0.1, -0.05) is 38.1 Å². The first-order valence-corrected chi connectivity index (χ1v) is 11.1. The molecule has 1 heterocycles. The maximum Gasteiger partial charge on any atom is 0.417 e. The zero-order valence-electron chi connectivity index (χ0n) is 17.6. The van der Waals surface area contributed by atoms with Crippen molar-refractivity contribution in [3.8, 4) is 5.75 Å². The Hall–Kier alpha value is -2.74. The third kappa shape index (κ3) is 4.87. The van der Waals surface area contributed by atoms with E-state index in [0.29, 0.717) is 5.75 Å². The highest BCUT2D eigenvalue weighted by atomic mass is 32.2. The van der Waals surface area contributed by atoms with Crippen LogP contribution in [-0.2, 0) is 9.84 Å². The number of nitrogens with zero attached hydrogens (tertiary/aromatic N) is 1. The van der Waals surface area contributed by atoms with Crippen LogP contribution in [0, 0.1) is 0 Å². The number of para-hydroxylation sites is 1. The molecule has 0 saturated carbocycles. The molecule has 0 spiro atoms. The first kappa shape index (κ1) is 20.5. The fraction of sp³-hybridized carbons (Fsp3) is 0.273. The lowest BCUT2D eigenvalue weighted by Gasteiger charge is -2.33. The third-order valence-corrected chi connectivity index (χ3v) is 5.67. The van der Waals surface area contributed by atoms with E-state index in [1.807, 2.05) is 26.0 Å². The summed E-state index contributed by atoms with van der Waals surface area (Å²) in [4.78, 5) is 1.09. The van der Waals surface area contributed by atoms with E-state index in [4.69, 9.17) is 6.11 Å². The number of benzene rings is 2. The predicted octanol–water partition coefficient (Wildman–Crippen LogP) is 5.44. The standard InChI is InChI=1S/C22H22F3NO3S/c1-15(2)19-9-4-5-10-20(19)29-21-12-11-16(22(23,24)25)14-26(21)17-7-6-8-18(13-17)30(3,27)28/h4-15,21H,1-3H3/i12D. The van der Waals surface area contributed by atoms with E-state index < -0.39 is 33.9 Å². The third-order valence-electron chi connectivity index (χ3n) is 4.56. The molecule has 1 unspecified atom stereocenters. The molecule has 0 radical (unpaired) electrons. The lowest BCUT2D eigenvalue weighted by molar-refractivity contribution is -0.0888. The first-order valence-electron chi connectivity index (χ1n) is 9.69. The van der Waals surface area contributed by atoms with Crippen LogP contribution in [0.25, 0.3) is 0 Å². The molecule has 3 rings (SSSR count). The van der Waals surface area contributed by atoms with Crippen molar-refractivity contribution in [2.75, 3.05) is 11.2 Å². The summed E-state index contributed by atoms with van der Waals surface area (Å²) in [6.45, 7) is 3.91. The lowest BCUT2D eigenvalue weighted by Crippen LogP contribution is -2.38. The van der Waals surface area contributed by atoms with Gasteiger partial charge in [0.25, 0.3) is 0 Å². The SMILES string of the molecule is [2H]C1=CC(C(F)(F)F)=CN(c2cccc(S(C)(=O)=O)c2)C1Oc1ccccc1C(C)C. The molecule has 2 aromatic carbocycles. The van der Waals surface area contributed by atoms with Gasteiger partial charge in [-0.05, 0) is 47.9 Å². The van der Waals surface area contributed by atoms with E-state index in [9.17, 15) is 21.6 Å². The summed E-state index contributed by atoms with van der Waals surface area (Å²) in [6, 6.07) is 12.2. The van der Waals surface area contributed by atoms with E-state index in [0.717, 1.165) is 29.0 Å². The van der Waals surface area contributed by atoms with E-state index in [1.54, 1.807) is 12.1 Å². The average Bonchev–Trinajstić information content (AvgIpc) is 2.68. The van der Waals surface area contributed by atoms with Crippen LogP contribution in [0.2, 0.25) is 0 Å². The molecule has 0 aliphatic carbocycles. The first-order chi connectivity index (χ1) is 14.4. The van der Waals surface area contributed by atoms with Crippen LogP contribution in [0.5, 0.6) is 5.75 Å². The Labute approximate surface area is 175 Å². The number of allylic oxidation sites excluding steroid dienone is 2. The van der Waals surface area contributed by atoms with Gasteiger partial charge in [0.1, 0.15) is 5.75 Å². The van der Waals surface area contributed by atoms with Crippen LogP contribution >= 0.6 is 0 Å². The molecular formula is C22H22F3NO3S. The number of hydrogen-bond acceptors (Lipinski definition) is 4. The quantitative estimate of drug-likeness (QED) is 0.624. The largest absolute Gasteiger partial charge is 0.466 e. The highest BCUT2D eigenvalue weighted by molar-refractivity contribution is 7.90. The van der Waals surface area contributed by atoms with Crippen molar-refractivity contribution in [1.82, 2.24) is 0 Å². The Morgan fingerprint density at radius 1 is 1.13 bits per heavy atom. The molecule has 2 aromatic rings. The molecule has 0 aromatic heterocycles. The van der Waals surface area contributed by atoms with Gasteiger partial charge in [-0.2, -0.15) is 13.2 Å². The molecule has 0 bridgehead atoms. The number of hydrogen-bond donors (Lipinski definition) is 0. The fourth-order valence-corrected chi connectivity index (χ4v) is 3.67. The highest BCUT2D eigenvalue weighted by Gasteiger charge is 2.36. The molecule has 0 fully saturated rings. The normalized spacial score (nSPS) is 18.0. The maximum atomic E-state index is 13.4. The summed E-state index contributed by atoms with van der Waals surface area (Å²) in [5.41, 5.74) is -0.0282. The summed E-state index contributed by atoms with van der Waals surface area (Å²) in [5, 5.41) is 0. The van der Waals surface area contributed by atoms with Gasteiger partial charge in [0.2, 0.25) is 0 Å². The summed E-state index contributed by atoms with van der Waals surface area (Å²) < 4.78 is 78.5. The minimum Gasteiger partial charge on any atom is -0.466 e. The molecular weight excluding hydrogens is 415 g/mol. The van der Waals surface area contributed by atoms with Gasteiger partial charge in [-0.3, -0.25) is 0 Å². The second-order valence-electron chi connectivity index (χ2n) is 7.23. The second-order valence-corrected chi connectivity index (χ2v) is 9.25. The Bertz CT molecular complexity index is 1140. The van der Waals surface area contributed by atoms with Crippen molar-refractivity contribution in [3.63, 3.8) is 0 Å². The molecule has 30 heavy (non-hydrogen) atoms. The van der Waals surface area contributed by atoms with Crippen LogP contribution in [0.15, 0.2) is 77.3 Å². The Morgan fingerprint density at radius 3 is 2.47 bits per heavy atom. The van der Waals surface area contributed by atoms with Crippen molar-refractivity contribution in [2.45, 2.75) is 37.1 Å². The molecule has 1 aliphatic rings. The predicted molar refractivity (Wildman–Crippen MR) is 110 cm³/mol. The number of alkyl halides is 3. The molecule has 160 valence electrons. The van der Waals surface area contributed by atoms with E-state index in [1.165, 1.54) is 24.3 Å². The Balaban J connectivity index is 2.12. The van der Waals surface area contributed by atoms with Gasteiger partial charge in [-0.15, -0.1) is 0 Å². The summed E-state index contributed by atoms with van der Waals surface area (Å²) in [7, 11) is -3.59. The smallest absolute Gasteiger partial charge is 0.417 e. The average molecular weight is 438 g/mol. The van der Waals surface area contributed by atoms with Crippen molar-refractivity contribution < 1.29 is 27.7 Å². The summed E-state index contributed by atoms with van der Waals surface area (Å²) in [5.74, 6) is 0.523. The fourth-order valence-electron chi connectivity index (χ4n) is 3.01.